The summed E-state index contributed by atoms with van der Waals surface area (Å²) in [5, 5.41) is 5.69. The molecule has 1 N–H and O–H groups in total. The molecule has 3 aromatic rings. The molecule has 140 valence electrons. The van der Waals surface area contributed by atoms with Gasteiger partial charge in [0.2, 0.25) is 0 Å². The Bertz CT molecular complexity index is 1080. The Morgan fingerprint density at radius 3 is 2.52 bits per heavy atom. The first kappa shape index (κ1) is 18.7. The van der Waals surface area contributed by atoms with Crippen LogP contribution in [-0.4, -0.2) is 28.3 Å². The van der Waals surface area contributed by atoms with Crippen LogP contribution >= 0.6 is 0 Å². The van der Waals surface area contributed by atoms with E-state index in [1.165, 1.54) is 6.21 Å². The second-order valence-corrected chi connectivity index (χ2v) is 7.37. The number of methoxy groups -OCH3 is 1. The van der Waals surface area contributed by atoms with Crippen LogP contribution in [0.2, 0.25) is 0 Å². The van der Waals surface area contributed by atoms with Gasteiger partial charge in [0.25, 0.3) is 10.0 Å². The van der Waals surface area contributed by atoms with Crippen molar-refractivity contribution >= 4 is 27.0 Å². The van der Waals surface area contributed by atoms with E-state index in [2.05, 4.69) is 9.93 Å². The number of nitrogens with one attached hydrogen (secondary N) is 1. The number of benzene rings is 3. The van der Waals surface area contributed by atoms with Gasteiger partial charge in [-0.05, 0) is 53.6 Å². The molecule has 0 aliphatic carbocycles. The van der Waals surface area contributed by atoms with Crippen LogP contribution in [0.4, 0.5) is 0 Å². The first-order chi connectivity index (χ1) is 13.0. The summed E-state index contributed by atoms with van der Waals surface area (Å²) in [5.74, 6) is 1.17. The predicted molar refractivity (Wildman–Crippen MR) is 106 cm³/mol. The van der Waals surface area contributed by atoms with Crippen molar-refractivity contribution < 1.29 is 17.9 Å². The number of nitrogens with zero attached hydrogens (tertiary/aromatic N) is 1. The van der Waals surface area contributed by atoms with Gasteiger partial charge in [-0.2, -0.15) is 13.5 Å². The first-order valence-electron chi connectivity index (χ1n) is 8.38. The largest absolute Gasteiger partial charge is 0.493 e. The molecule has 0 aliphatic heterocycles. The Labute approximate surface area is 158 Å². The molecule has 27 heavy (non-hydrogen) atoms. The van der Waals surface area contributed by atoms with Gasteiger partial charge < -0.3 is 9.47 Å². The molecule has 0 spiro atoms. The molecule has 0 heterocycles. The van der Waals surface area contributed by atoms with Crippen molar-refractivity contribution in [1.82, 2.24) is 4.83 Å². The highest BCUT2D eigenvalue weighted by molar-refractivity contribution is 7.89. The third kappa shape index (κ3) is 4.38. The molecule has 0 saturated carbocycles. The fraction of sp³-hybridized carbons (Fsp3) is 0.150. The average Bonchev–Trinajstić information content (AvgIpc) is 2.68. The molecule has 3 aromatic carbocycles. The van der Waals surface area contributed by atoms with Crippen molar-refractivity contribution in [3.05, 3.63) is 66.2 Å². The minimum atomic E-state index is -3.76. The predicted octanol–water partition coefficient (Wildman–Crippen LogP) is 3.56. The lowest BCUT2D eigenvalue weighted by Crippen LogP contribution is -2.18. The molecule has 0 radical (unpaired) electrons. The normalized spacial score (nSPS) is 11.6. The Hall–Kier alpha value is -3.06. The van der Waals surface area contributed by atoms with E-state index >= 15 is 0 Å². The maximum atomic E-state index is 12.5. The highest BCUT2D eigenvalue weighted by Crippen LogP contribution is 2.27. The Kier molecular flexibility index (Phi) is 5.61. The lowest BCUT2D eigenvalue weighted by atomic mass is 10.1. The SMILES string of the molecule is CCOc1cc(/C=N/NS(=O)(=O)c2ccc3ccccc3c2)ccc1OC. The average molecular weight is 384 g/mol. The lowest BCUT2D eigenvalue weighted by Gasteiger charge is -2.09. The minimum Gasteiger partial charge on any atom is -0.493 e. The van der Waals surface area contributed by atoms with Gasteiger partial charge in [-0.3, -0.25) is 0 Å². The number of hydrogen-bond donors (Lipinski definition) is 1. The van der Waals surface area contributed by atoms with Crippen molar-refractivity contribution in [2.45, 2.75) is 11.8 Å². The van der Waals surface area contributed by atoms with Crippen molar-refractivity contribution in [2.75, 3.05) is 13.7 Å². The summed E-state index contributed by atoms with van der Waals surface area (Å²) in [5.41, 5.74) is 0.681. The molecule has 0 unspecified atom stereocenters. The lowest BCUT2D eigenvalue weighted by molar-refractivity contribution is 0.311. The topological polar surface area (TPSA) is 77.0 Å². The van der Waals surface area contributed by atoms with Gasteiger partial charge in [0.15, 0.2) is 11.5 Å². The summed E-state index contributed by atoms with van der Waals surface area (Å²) in [6, 6.07) is 17.7. The van der Waals surface area contributed by atoms with Crippen LogP contribution < -0.4 is 14.3 Å². The van der Waals surface area contributed by atoms with Gasteiger partial charge in [-0.1, -0.05) is 30.3 Å². The van der Waals surface area contributed by atoms with Crippen LogP contribution in [0.15, 0.2) is 70.7 Å². The maximum absolute atomic E-state index is 12.5. The van der Waals surface area contributed by atoms with Crippen molar-refractivity contribution in [3.8, 4) is 11.5 Å². The van der Waals surface area contributed by atoms with Gasteiger partial charge in [0.1, 0.15) is 0 Å². The summed E-state index contributed by atoms with van der Waals surface area (Å²) in [6.07, 6.45) is 1.42. The highest BCUT2D eigenvalue weighted by atomic mass is 32.2. The number of rotatable bonds is 7. The molecule has 6 nitrogen and oxygen atoms in total. The third-order valence-corrected chi connectivity index (χ3v) is 5.13. The van der Waals surface area contributed by atoms with Crippen LogP contribution in [-0.2, 0) is 10.0 Å². The van der Waals surface area contributed by atoms with E-state index in [-0.39, 0.29) is 4.90 Å². The standard InChI is InChI=1S/C20H20N2O4S/c1-3-26-20-12-15(8-11-19(20)25-2)14-21-22-27(23,24)18-10-9-16-6-4-5-7-17(16)13-18/h4-14,22H,3H2,1-2H3/b21-14+. The van der Waals surface area contributed by atoms with E-state index in [1.807, 2.05) is 31.2 Å². The van der Waals surface area contributed by atoms with E-state index in [0.29, 0.717) is 23.7 Å². The highest BCUT2D eigenvalue weighted by Gasteiger charge is 2.13. The second kappa shape index (κ2) is 8.09. The summed E-state index contributed by atoms with van der Waals surface area (Å²) >= 11 is 0. The van der Waals surface area contributed by atoms with Crippen LogP contribution in [0.5, 0.6) is 11.5 Å². The number of fused-ring (bicyclic) bond motifs is 1. The monoisotopic (exact) mass is 384 g/mol. The number of hydrogen-bond acceptors (Lipinski definition) is 5. The second-order valence-electron chi connectivity index (χ2n) is 5.71. The van der Waals surface area contributed by atoms with Crippen LogP contribution in [0.1, 0.15) is 12.5 Å². The van der Waals surface area contributed by atoms with E-state index in [4.69, 9.17) is 9.47 Å². The number of sulfonamides is 1. The van der Waals surface area contributed by atoms with Crippen molar-refractivity contribution in [1.29, 1.82) is 0 Å². The summed E-state index contributed by atoms with van der Waals surface area (Å²) < 4.78 is 35.7. The molecule has 0 aromatic heterocycles. The van der Waals surface area contributed by atoms with Gasteiger partial charge in [0, 0.05) is 0 Å². The zero-order valence-electron chi connectivity index (χ0n) is 15.0. The van der Waals surface area contributed by atoms with E-state index in [1.54, 1.807) is 43.5 Å². The van der Waals surface area contributed by atoms with Crippen molar-refractivity contribution in [3.63, 3.8) is 0 Å². The van der Waals surface area contributed by atoms with Gasteiger partial charge in [-0.25, -0.2) is 4.83 Å². The van der Waals surface area contributed by atoms with E-state index in [9.17, 15) is 8.42 Å². The van der Waals surface area contributed by atoms with Gasteiger partial charge in [-0.15, -0.1) is 0 Å². The Morgan fingerprint density at radius 2 is 1.78 bits per heavy atom. The van der Waals surface area contributed by atoms with E-state index < -0.39 is 10.0 Å². The molecule has 0 amide bonds. The molecule has 0 bridgehead atoms. The summed E-state index contributed by atoms with van der Waals surface area (Å²) in [7, 11) is -2.20. The molecular weight excluding hydrogens is 364 g/mol. The van der Waals surface area contributed by atoms with Crippen LogP contribution in [0.25, 0.3) is 10.8 Å². The summed E-state index contributed by atoms with van der Waals surface area (Å²) in [4.78, 5) is 2.39. The third-order valence-electron chi connectivity index (χ3n) is 3.91. The fourth-order valence-electron chi connectivity index (χ4n) is 2.60. The molecule has 0 saturated heterocycles. The zero-order valence-corrected chi connectivity index (χ0v) is 15.9. The molecule has 3 rings (SSSR count). The Morgan fingerprint density at radius 1 is 1.00 bits per heavy atom. The Balaban J connectivity index is 1.78. The van der Waals surface area contributed by atoms with Crippen LogP contribution in [0.3, 0.4) is 0 Å². The molecule has 0 atom stereocenters. The number of hydrazone groups is 1. The molecular formula is C20H20N2O4S. The van der Waals surface area contributed by atoms with Crippen LogP contribution in [0, 0.1) is 0 Å². The smallest absolute Gasteiger partial charge is 0.276 e. The van der Waals surface area contributed by atoms with E-state index in [0.717, 1.165) is 10.8 Å². The molecule has 7 heteroatoms. The van der Waals surface area contributed by atoms with Crippen molar-refractivity contribution in [2.24, 2.45) is 5.10 Å². The quantitative estimate of drug-likeness (QED) is 0.499. The summed E-state index contributed by atoms with van der Waals surface area (Å²) in [6.45, 7) is 2.36. The fourth-order valence-corrected chi connectivity index (χ4v) is 3.43. The minimum absolute atomic E-state index is 0.156. The maximum Gasteiger partial charge on any atom is 0.276 e. The zero-order chi connectivity index (χ0) is 19.3. The molecule has 0 fully saturated rings. The van der Waals surface area contributed by atoms with Gasteiger partial charge >= 0.3 is 0 Å². The number of ether oxygens (including phenoxy) is 2. The molecule has 0 aliphatic rings. The van der Waals surface area contributed by atoms with Gasteiger partial charge in [0.05, 0.1) is 24.8 Å². The first-order valence-corrected chi connectivity index (χ1v) is 9.86.